The first-order valence-electron chi connectivity index (χ1n) is 1.99. The summed E-state index contributed by atoms with van der Waals surface area (Å²) in [7, 11) is 3.43. The van der Waals surface area contributed by atoms with Gasteiger partial charge in [-0.1, -0.05) is 0 Å². The Morgan fingerprint density at radius 2 is 1.89 bits per heavy atom. The number of hydrogen-bond acceptors (Lipinski definition) is 2. The second kappa shape index (κ2) is 8.72. The van der Waals surface area contributed by atoms with Crippen LogP contribution in [0.15, 0.2) is 0 Å². The molecule has 0 amide bonds. The Kier molecular flexibility index (Phi) is 15.9. The van der Waals surface area contributed by atoms with Gasteiger partial charge in [-0.15, -0.1) is 12.4 Å². The van der Waals surface area contributed by atoms with E-state index in [-0.39, 0.29) is 48.5 Å². The van der Waals surface area contributed by atoms with Gasteiger partial charge in [0.25, 0.3) is 0 Å². The summed E-state index contributed by atoms with van der Waals surface area (Å²) in [6.45, 7) is 0.111. The van der Waals surface area contributed by atoms with E-state index in [9.17, 15) is 4.79 Å². The Hall–Kier alpha value is 0.720. The average molecular weight is 163 g/mol. The third kappa shape index (κ3) is 17.7. The summed E-state index contributed by atoms with van der Waals surface area (Å²) in [6, 6.07) is 0. The molecule has 1 N–H and O–H groups in total. The van der Waals surface area contributed by atoms with Crippen molar-refractivity contribution in [3.63, 3.8) is 0 Å². The molecule has 5 heteroatoms. The molecule has 0 radical (unpaired) electrons. The van der Waals surface area contributed by atoms with Gasteiger partial charge in [-0.25, -0.2) is 0 Å². The Morgan fingerprint density at radius 1 is 1.56 bits per heavy atom. The van der Waals surface area contributed by atoms with E-state index in [0.29, 0.717) is 0 Å². The van der Waals surface area contributed by atoms with Crippen LogP contribution < -0.4 is 29.6 Å². The number of nitrogens with zero attached hydrogens (tertiary/aromatic N) is 1. The summed E-state index contributed by atoms with van der Waals surface area (Å²) < 4.78 is 0. The van der Waals surface area contributed by atoms with Crippen molar-refractivity contribution in [1.82, 2.24) is 4.90 Å². The molecule has 0 aromatic heterocycles. The molecular formula is C4H10ClNNaO2+. The van der Waals surface area contributed by atoms with E-state index < -0.39 is 5.97 Å². The average Bonchev–Trinajstić information content (AvgIpc) is 1.27. The van der Waals surface area contributed by atoms with Crippen molar-refractivity contribution >= 4 is 18.4 Å². The minimum absolute atomic E-state index is 0. The van der Waals surface area contributed by atoms with Crippen molar-refractivity contribution in [2.45, 2.75) is 0 Å². The number of likely N-dealkylation sites (N-methyl/N-ethyl adjacent to an activating group) is 1. The largest absolute Gasteiger partial charge is 1.00 e. The monoisotopic (exact) mass is 162 g/mol. The first kappa shape index (κ1) is 16.4. The number of aliphatic carboxylic acids is 1. The fourth-order valence-corrected chi connectivity index (χ4v) is 0.271. The van der Waals surface area contributed by atoms with Crippen molar-refractivity contribution in [2.24, 2.45) is 0 Å². The Labute approximate surface area is 83.1 Å². The molecule has 0 atom stereocenters. The van der Waals surface area contributed by atoms with Crippen molar-refractivity contribution in [3.05, 3.63) is 0 Å². The topological polar surface area (TPSA) is 40.5 Å². The molecule has 50 valence electrons. The minimum Gasteiger partial charge on any atom is -0.480 e. The zero-order valence-corrected chi connectivity index (χ0v) is 8.73. The molecule has 0 heterocycles. The molecule has 0 saturated heterocycles. The van der Waals surface area contributed by atoms with Crippen LogP contribution in [0.25, 0.3) is 0 Å². The van der Waals surface area contributed by atoms with E-state index in [0.717, 1.165) is 0 Å². The molecule has 0 unspecified atom stereocenters. The second-order valence-electron chi connectivity index (χ2n) is 1.63. The number of hydrogen-bond donors (Lipinski definition) is 1. The maximum absolute atomic E-state index is 9.77. The molecule has 0 fully saturated rings. The Balaban J connectivity index is -0.000000180. The van der Waals surface area contributed by atoms with Crippen molar-refractivity contribution in [3.8, 4) is 0 Å². The fraction of sp³-hybridized carbons (Fsp3) is 0.750. The van der Waals surface area contributed by atoms with Gasteiger partial charge in [0.15, 0.2) is 0 Å². The van der Waals surface area contributed by atoms with Crippen LogP contribution in [-0.2, 0) is 4.79 Å². The molecule has 9 heavy (non-hydrogen) atoms. The summed E-state index contributed by atoms with van der Waals surface area (Å²) in [5.74, 6) is -0.787. The van der Waals surface area contributed by atoms with Gasteiger partial charge in [0, 0.05) is 0 Å². The standard InChI is InChI=1S/C4H9NO2.ClH.Na/c1-5(2)3-4(6)7;;/h3H2,1-2H3,(H,6,7);1H;/q;;+1. The van der Waals surface area contributed by atoms with Crippen molar-refractivity contribution in [2.75, 3.05) is 20.6 Å². The summed E-state index contributed by atoms with van der Waals surface area (Å²) in [5.41, 5.74) is 0. The van der Waals surface area contributed by atoms with Crippen LogP contribution in [0.1, 0.15) is 0 Å². The predicted octanol–water partition coefficient (Wildman–Crippen LogP) is -2.94. The quantitative estimate of drug-likeness (QED) is 0.442. The van der Waals surface area contributed by atoms with Gasteiger partial charge in [0.1, 0.15) is 0 Å². The molecule has 0 saturated carbocycles. The second-order valence-corrected chi connectivity index (χ2v) is 1.63. The molecule has 0 aromatic rings. The van der Waals surface area contributed by atoms with Crippen LogP contribution >= 0.6 is 12.4 Å². The minimum atomic E-state index is -0.787. The van der Waals surface area contributed by atoms with E-state index in [1.54, 1.807) is 19.0 Å². The first-order chi connectivity index (χ1) is 3.13. The number of carboxylic acid groups (broad SMARTS) is 1. The van der Waals surface area contributed by atoms with E-state index in [2.05, 4.69) is 0 Å². The molecule has 3 nitrogen and oxygen atoms in total. The van der Waals surface area contributed by atoms with Gasteiger partial charge in [-0.2, -0.15) is 0 Å². The molecule has 0 spiro atoms. The normalized spacial score (nSPS) is 7.44. The third-order valence-corrected chi connectivity index (χ3v) is 0.451. The number of carbonyl (C=O) groups is 1. The molecule has 0 aliphatic heterocycles. The number of carboxylic acids is 1. The summed E-state index contributed by atoms with van der Waals surface area (Å²) in [4.78, 5) is 11.4. The molecule has 0 aliphatic carbocycles. The maximum atomic E-state index is 9.77. The van der Waals surface area contributed by atoms with Gasteiger partial charge >= 0.3 is 35.5 Å². The third-order valence-electron chi connectivity index (χ3n) is 0.451. The zero-order chi connectivity index (χ0) is 5.86. The smallest absolute Gasteiger partial charge is 0.480 e. The van der Waals surface area contributed by atoms with E-state index in [1.807, 2.05) is 0 Å². The predicted molar refractivity (Wildman–Crippen MR) is 33.4 cm³/mol. The van der Waals surface area contributed by atoms with Crippen LogP contribution in [0.2, 0.25) is 0 Å². The van der Waals surface area contributed by atoms with E-state index in [4.69, 9.17) is 5.11 Å². The van der Waals surface area contributed by atoms with Crippen molar-refractivity contribution < 1.29 is 39.5 Å². The SMILES string of the molecule is CN(C)CC(=O)O.Cl.[Na+]. The zero-order valence-electron chi connectivity index (χ0n) is 5.92. The van der Waals surface area contributed by atoms with Crippen LogP contribution in [-0.4, -0.2) is 36.6 Å². The van der Waals surface area contributed by atoms with Gasteiger partial charge in [0.05, 0.1) is 6.54 Å². The first-order valence-corrected chi connectivity index (χ1v) is 1.99. The fourth-order valence-electron chi connectivity index (χ4n) is 0.271. The van der Waals surface area contributed by atoms with Crippen LogP contribution in [0, 0.1) is 0 Å². The van der Waals surface area contributed by atoms with E-state index >= 15 is 0 Å². The number of rotatable bonds is 2. The Bertz CT molecular complexity index is 79.0. The molecular weight excluding hydrogens is 152 g/mol. The maximum Gasteiger partial charge on any atom is 1.00 e. The van der Waals surface area contributed by atoms with Crippen LogP contribution in [0.3, 0.4) is 0 Å². The van der Waals surface area contributed by atoms with Crippen LogP contribution in [0.5, 0.6) is 0 Å². The van der Waals surface area contributed by atoms with Crippen molar-refractivity contribution in [1.29, 1.82) is 0 Å². The molecule has 0 rings (SSSR count). The van der Waals surface area contributed by atoms with E-state index in [1.165, 1.54) is 0 Å². The van der Waals surface area contributed by atoms with Gasteiger partial charge in [0.2, 0.25) is 0 Å². The van der Waals surface area contributed by atoms with Crippen LogP contribution in [0.4, 0.5) is 0 Å². The summed E-state index contributed by atoms with van der Waals surface area (Å²) in [6.07, 6.45) is 0. The number of halogens is 1. The van der Waals surface area contributed by atoms with Gasteiger partial charge in [-0.05, 0) is 14.1 Å². The summed E-state index contributed by atoms with van der Waals surface area (Å²) in [5, 5.41) is 8.04. The van der Waals surface area contributed by atoms with Gasteiger partial charge < -0.3 is 5.11 Å². The molecule has 0 aromatic carbocycles. The Morgan fingerprint density at radius 3 is 1.89 bits per heavy atom. The van der Waals surface area contributed by atoms with Gasteiger partial charge in [-0.3, -0.25) is 9.69 Å². The molecule has 0 aliphatic rings. The summed E-state index contributed by atoms with van der Waals surface area (Å²) >= 11 is 0. The molecule has 0 bridgehead atoms.